The summed E-state index contributed by atoms with van der Waals surface area (Å²) >= 11 is 1.74. The summed E-state index contributed by atoms with van der Waals surface area (Å²) in [5.74, 6) is 1.27. The maximum absolute atomic E-state index is 9.52. The van der Waals surface area contributed by atoms with Gasteiger partial charge in [0.15, 0.2) is 0 Å². The highest BCUT2D eigenvalue weighted by atomic mass is 32.1. The summed E-state index contributed by atoms with van der Waals surface area (Å²) in [5, 5.41) is 14.2. The summed E-state index contributed by atoms with van der Waals surface area (Å²) < 4.78 is 0. The molecule has 2 heterocycles. The SMILES string of the molecule is CCc1cc2c(N[C@@H]3CCCC[C@H]3CO)ncnc2s1. The van der Waals surface area contributed by atoms with Crippen LogP contribution >= 0.6 is 11.3 Å². The second-order valence-corrected chi connectivity index (χ2v) is 6.60. The van der Waals surface area contributed by atoms with Crippen molar-refractivity contribution in [3.05, 3.63) is 17.3 Å². The van der Waals surface area contributed by atoms with Crippen molar-refractivity contribution in [1.29, 1.82) is 0 Å². The second-order valence-electron chi connectivity index (χ2n) is 5.49. The number of aromatic nitrogens is 2. The van der Waals surface area contributed by atoms with Crippen LogP contribution in [0.1, 0.15) is 37.5 Å². The van der Waals surface area contributed by atoms with Crippen LogP contribution < -0.4 is 5.32 Å². The number of aliphatic hydroxyl groups excluding tert-OH is 1. The number of thiophene rings is 1. The molecule has 1 saturated carbocycles. The number of nitrogens with zero attached hydrogens (tertiary/aromatic N) is 2. The van der Waals surface area contributed by atoms with Crippen LogP contribution in [0.4, 0.5) is 5.82 Å². The standard InChI is InChI=1S/C15H21N3OS/c1-2-11-7-12-14(16-9-17-15(12)20-11)18-13-6-4-3-5-10(13)8-19/h7,9-10,13,19H,2-6,8H2,1H3,(H,16,17,18)/t10-,13+/m0/s1. The van der Waals surface area contributed by atoms with Gasteiger partial charge >= 0.3 is 0 Å². The summed E-state index contributed by atoms with van der Waals surface area (Å²) in [6.07, 6.45) is 7.33. The van der Waals surface area contributed by atoms with E-state index in [1.54, 1.807) is 17.7 Å². The van der Waals surface area contributed by atoms with E-state index in [4.69, 9.17) is 0 Å². The lowest BCUT2D eigenvalue weighted by atomic mass is 9.85. The van der Waals surface area contributed by atoms with Crippen LogP contribution in [0, 0.1) is 5.92 Å². The molecule has 0 saturated heterocycles. The first-order valence-corrected chi connectivity index (χ1v) is 8.24. The van der Waals surface area contributed by atoms with Crippen LogP contribution in [0.15, 0.2) is 12.4 Å². The van der Waals surface area contributed by atoms with E-state index in [1.165, 1.54) is 17.7 Å². The highest BCUT2D eigenvalue weighted by Gasteiger charge is 2.25. The van der Waals surface area contributed by atoms with Gasteiger partial charge < -0.3 is 10.4 Å². The fourth-order valence-electron chi connectivity index (χ4n) is 2.99. The Morgan fingerprint density at radius 3 is 3.00 bits per heavy atom. The Balaban J connectivity index is 1.87. The van der Waals surface area contributed by atoms with Gasteiger partial charge in [-0.25, -0.2) is 9.97 Å². The molecule has 0 bridgehead atoms. The number of nitrogens with one attached hydrogen (secondary N) is 1. The number of rotatable bonds is 4. The Hall–Kier alpha value is -1.20. The molecule has 20 heavy (non-hydrogen) atoms. The molecular weight excluding hydrogens is 270 g/mol. The zero-order valence-electron chi connectivity index (χ0n) is 11.8. The number of fused-ring (bicyclic) bond motifs is 1. The van der Waals surface area contributed by atoms with Crippen LogP contribution in [0.2, 0.25) is 0 Å². The van der Waals surface area contributed by atoms with Gasteiger partial charge in [-0.15, -0.1) is 11.3 Å². The molecule has 5 heteroatoms. The topological polar surface area (TPSA) is 58.0 Å². The minimum atomic E-state index is 0.260. The Morgan fingerprint density at radius 2 is 2.20 bits per heavy atom. The Morgan fingerprint density at radius 1 is 1.35 bits per heavy atom. The quantitative estimate of drug-likeness (QED) is 0.908. The van der Waals surface area contributed by atoms with E-state index in [1.807, 2.05) is 0 Å². The van der Waals surface area contributed by atoms with Crippen molar-refractivity contribution in [3.8, 4) is 0 Å². The Labute approximate surface area is 123 Å². The molecule has 3 rings (SSSR count). The number of aliphatic hydroxyl groups is 1. The smallest absolute Gasteiger partial charge is 0.138 e. The number of anilines is 1. The zero-order valence-corrected chi connectivity index (χ0v) is 12.6. The number of aryl methyl sites for hydroxylation is 1. The van der Waals surface area contributed by atoms with Crippen molar-refractivity contribution >= 4 is 27.4 Å². The van der Waals surface area contributed by atoms with Gasteiger partial charge in [-0.05, 0) is 25.3 Å². The first kappa shape index (κ1) is 13.8. The first-order valence-electron chi connectivity index (χ1n) is 7.42. The minimum absolute atomic E-state index is 0.260. The lowest BCUT2D eigenvalue weighted by Gasteiger charge is -2.31. The van der Waals surface area contributed by atoms with Crippen LogP contribution in [0.5, 0.6) is 0 Å². The molecule has 1 fully saturated rings. The molecule has 1 aliphatic carbocycles. The predicted octanol–water partition coefficient (Wildman–Crippen LogP) is 3.22. The summed E-state index contributed by atoms with van der Waals surface area (Å²) in [6.45, 7) is 2.42. The largest absolute Gasteiger partial charge is 0.396 e. The summed E-state index contributed by atoms with van der Waals surface area (Å²) in [6, 6.07) is 2.52. The van der Waals surface area contributed by atoms with E-state index in [-0.39, 0.29) is 6.61 Å². The summed E-state index contributed by atoms with van der Waals surface area (Å²) in [4.78, 5) is 11.2. The van der Waals surface area contributed by atoms with Crippen molar-refractivity contribution < 1.29 is 5.11 Å². The van der Waals surface area contributed by atoms with Gasteiger partial charge in [0, 0.05) is 23.4 Å². The fourth-order valence-corrected chi connectivity index (χ4v) is 3.92. The number of hydrogen-bond donors (Lipinski definition) is 2. The molecule has 0 unspecified atom stereocenters. The van der Waals surface area contributed by atoms with Crippen LogP contribution in [0.25, 0.3) is 10.2 Å². The first-order chi connectivity index (χ1) is 9.81. The van der Waals surface area contributed by atoms with E-state index in [2.05, 4.69) is 28.3 Å². The van der Waals surface area contributed by atoms with Gasteiger partial charge in [0.05, 0.1) is 5.39 Å². The third-order valence-electron chi connectivity index (χ3n) is 4.19. The van der Waals surface area contributed by atoms with Gasteiger partial charge in [-0.3, -0.25) is 0 Å². The maximum Gasteiger partial charge on any atom is 0.138 e. The molecule has 108 valence electrons. The molecule has 2 aromatic heterocycles. The average Bonchev–Trinajstić information content (AvgIpc) is 2.92. The lowest BCUT2D eigenvalue weighted by Crippen LogP contribution is -2.34. The van der Waals surface area contributed by atoms with Gasteiger partial charge in [0.1, 0.15) is 17.0 Å². The van der Waals surface area contributed by atoms with Crippen molar-refractivity contribution in [3.63, 3.8) is 0 Å². The summed E-state index contributed by atoms with van der Waals surface area (Å²) in [7, 11) is 0. The van der Waals surface area contributed by atoms with E-state index in [0.717, 1.165) is 35.3 Å². The van der Waals surface area contributed by atoms with E-state index in [0.29, 0.717) is 12.0 Å². The van der Waals surface area contributed by atoms with Crippen molar-refractivity contribution in [2.45, 2.75) is 45.1 Å². The van der Waals surface area contributed by atoms with Crippen molar-refractivity contribution in [2.75, 3.05) is 11.9 Å². The normalized spacial score (nSPS) is 23.1. The second kappa shape index (κ2) is 6.06. The minimum Gasteiger partial charge on any atom is -0.396 e. The zero-order chi connectivity index (χ0) is 13.9. The molecule has 4 nitrogen and oxygen atoms in total. The third kappa shape index (κ3) is 2.65. The van der Waals surface area contributed by atoms with Crippen molar-refractivity contribution in [1.82, 2.24) is 9.97 Å². The molecule has 0 radical (unpaired) electrons. The van der Waals surface area contributed by atoms with E-state index in [9.17, 15) is 5.11 Å². The van der Waals surface area contributed by atoms with E-state index < -0.39 is 0 Å². The maximum atomic E-state index is 9.52. The summed E-state index contributed by atoms with van der Waals surface area (Å²) in [5.41, 5.74) is 0. The van der Waals surface area contributed by atoms with E-state index >= 15 is 0 Å². The highest BCUT2D eigenvalue weighted by Crippen LogP contribution is 2.31. The fraction of sp³-hybridized carbons (Fsp3) is 0.600. The lowest BCUT2D eigenvalue weighted by molar-refractivity contribution is 0.178. The molecule has 2 aromatic rings. The van der Waals surface area contributed by atoms with Gasteiger partial charge in [0.25, 0.3) is 0 Å². The predicted molar refractivity (Wildman–Crippen MR) is 83.2 cm³/mol. The van der Waals surface area contributed by atoms with Gasteiger partial charge in [0.2, 0.25) is 0 Å². The van der Waals surface area contributed by atoms with Gasteiger partial charge in [-0.1, -0.05) is 19.8 Å². The van der Waals surface area contributed by atoms with Gasteiger partial charge in [-0.2, -0.15) is 0 Å². The Kier molecular flexibility index (Phi) is 4.17. The monoisotopic (exact) mass is 291 g/mol. The molecular formula is C15H21N3OS. The molecule has 0 amide bonds. The average molecular weight is 291 g/mol. The van der Waals surface area contributed by atoms with Crippen molar-refractivity contribution in [2.24, 2.45) is 5.92 Å². The molecule has 1 aliphatic rings. The van der Waals surface area contributed by atoms with Crippen LogP contribution in [-0.2, 0) is 6.42 Å². The highest BCUT2D eigenvalue weighted by molar-refractivity contribution is 7.18. The van der Waals surface area contributed by atoms with Crippen LogP contribution in [-0.4, -0.2) is 27.7 Å². The van der Waals surface area contributed by atoms with Crippen LogP contribution in [0.3, 0.4) is 0 Å². The molecule has 0 aliphatic heterocycles. The number of hydrogen-bond acceptors (Lipinski definition) is 5. The third-order valence-corrected chi connectivity index (χ3v) is 5.38. The molecule has 2 atom stereocenters. The molecule has 0 spiro atoms. The molecule has 2 N–H and O–H groups in total. The Bertz CT molecular complexity index is 584. The molecule has 0 aromatic carbocycles.